The average Bonchev–Trinajstić information content (AvgIpc) is 3.06. The van der Waals surface area contributed by atoms with Crippen LogP contribution >= 0.6 is 11.8 Å². The van der Waals surface area contributed by atoms with E-state index in [4.69, 9.17) is 9.15 Å². The molecule has 0 aliphatic heterocycles. The molecule has 0 saturated heterocycles. The molecule has 0 N–H and O–H groups in total. The first-order chi connectivity index (χ1) is 13.7. The van der Waals surface area contributed by atoms with Gasteiger partial charge in [-0.05, 0) is 55.0 Å². The van der Waals surface area contributed by atoms with Gasteiger partial charge in [0, 0.05) is 27.5 Å². The monoisotopic (exact) mass is 412 g/mol. The molecule has 3 aromatic rings. The third kappa shape index (κ3) is 6.14. The van der Waals surface area contributed by atoms with Crippen LogP contribution in [0.2, 0.25) is 0 Å². The SMILES string of the molecule is Cc1oc(-c2ccc(F)cc2)cc1C(C)COc1cccc(CSC(C)(C)C)c1. The molecular formula is C25H29FO2S. The summed E-state index contributed by atoms with van der Waals surface area (Å²) in [5, 5.41) is 0. The first-order valence-electron chi connectivity index (χ1n) is 9.93. The number of halogens is 1. The molecule has 1 unspecified atom stereocenters. The van der Waals surface area contributed by atoms with Crippen molar-refractivity contribution in [3.63, 3.8) is 0 Å². The quantitative estimate of drug-likeness (QED) is 0.399. The molecule has 1 aromatic heterocycles. The van der Waals surface area contributed by atoms with E-state index in [1.807, 2.05) is 36.9 Å². The minimum atomic E-state index is -0.248. The second kappa shape index (κ2) is 9.08. The summed E-state index contributed by atoms with van der Waals surface area (Å²) in [6.45, 7) is 11.3. The molecule has 0 amide bonds. The number of ether oxygens (including phenoxy) is 1. The van der Waals surface area contributed by atoms with Gasteiger partial charge in [0.25, 0.3) is 0 Å². The van der Waals surface area contributed by atoms with Crippen molar-refractivity contribution in [2.45, 2.75) is 51.0 Å². The average molecular weight is 413 g/mol. The standard InChI is InChI=1S/C25H29FO2S/c1-17(15-27-22-8-6-7-19(13-22)16-29-25(3,4)5)23-14-24(28-18(23)2)20-9-11-21(26)12-10-20/h6-14,17H,15-16H2,1-5H3. The molecule has 0 aliphatic rings. The second-order valence-electron chi connectivity index (χ2n) is 8.39. The lowest BCUT2D eigenvalue weighted by Crippen LogP contribution is -2.08. The van der Waals surface area contributed by atoms with Gasteiger partial charge in [0.2, 0.25) is 0 Å². The van der Waals surface area contributed by atoms with Gasteiger partial charge in [0.15, 0.2) is 0 Å². The molecule has 1 atom stereocenters. The van der Waals surface area contributed by atoms with Gasteiger partial charge in [-0.25, -0.2) is 4.39 Å². The van der Waals surface area contributed by atoms with Crippen molar-refractivity contribution in [3.8, 4) is 17.1 Å². The number of furan rings is 1. The van der Waals surface area contributed by atoms with E-state index in [9.17, 15) is 4.39 Å². The third-order valence-electron chi connectivity index (χ3n) is 4.69. The van der Waals surface area contributed by atoms with Gasteiger partial charge in [-0.1, -0.05) is 39.8 Å². The summed E-state index contributed by atoms with van der Waals surface area (Å²) in [5.74, 6) is 3.42. The van der Waals surface area contributed by atoms with Crippen molar-refractivity contribution in [3.05, 3.63) is 77.3 Å². The normalized spacial score (nSPS) is 12.8. The second-order valence-corrected chi connectivity index (χ2v) is 10.2. The summed E-state index contributed by atoms with van der Waals surface area (Å²) in [6, 6.07) is 16.7. The van der Waals surface area contributed by atoms with Gasteiger partial charge < -0.3 is 9.15 Å². The first-order valence-corrected chi connectivity index (χ1v) is 10.9. The minimum Gasteiger partial charge on any atom is -0.493 e. The van der Waals surface area contributed by atoms with Gasteiger partial charge in [0.05, 0.1) is 6.61 Å². The van der Waals surface area contributed by atoms with Crippen LogP contribution in [-0.2, 0) is 5.75 Å². The molecular weight excluding hydrogens is 383 g/mol. The molecule has 0 aliphatic carbocycles. The molecule has 0 bridgehead atoms. The minimum absolute atomic E-state index is 0.181. The molecule has 29 heavy (non-hydrogen) atoms. The molecule has 0 spiro atoms. The summed E-state index contributed by atoms with van der Waals surface area (Å²) in [5.41, 5.74) is 3.26. The zero-order chi connectivity index (χ0) is 21.0. The van der Waals surface area contributed by atoms with Crippen LogP contribution in [-0.4, -0.2) is 11.4 Å². The predicted octanol–water partition coefficient (Wildman–Crippen LogP) is 7.61. The highest BCUT2D eigenvalue weighted by Crippen LogP contribution is 2.31. The zero-order valence-electron chi connectivity index (χ0n) is 17.8. The summed E-state index contributed by atoms with van der Waals surface area (Å²) in [7, 11) is 0. The highest BCUT2D eigenvalue weighted by molar-refractivity contribution is 7.99. The number of thioether (sulfide) groups is 1. The first kappa shape index (κ1) is 21.5. The fourth-order valence-corrected chi connectivity index (χ4v) is 3.86. The topological polar surface area (TPSA) is 22.4 Å². The van der Waals surface area contributed by atoms with E-state index in [0.717, 1.165) is 34.1 Å². The van der Waals surface area contributed by atoms with Gasteiger partial charge in [-0.2, -0.15) is 11.8 Å². The van der Waals surface area contributed by atoms with Crippen molar-refractivity contribution in [2.75, 3.05) is 6.61 Å². The predicted molar refractivity (Wildman–Crippen MR) is 120 cm³/mol. The Balaban J connectivity index is 1.64. The number of hydrogen-bond acceptors (Lipinski definition) is 3. The fourth-order valence-electron chi connectivity index (χ4n) is 3.08. The number of rotatable bonds is 7. The maximum atomic E-state index is 13.2. The van der Waals surface area contributed by atoms with E-state index in [1.54, 1.807) is 12.1 Å². The summed E-state index contributed by atoms with van der Waals surface area (Å²) >= 11 is 1.93. The Labute approximate surface area is 177 Å². The maximum Gasteiger partial charge on any atom is 0.134 e. The van der Waals surface area contributed by atoms with Crippen molar-refractivity contribution in [2.24, 2.45) is 0 Å². The van der Waals surface area contributed by atoms with Crippen LogP contribution in [0.3, 0.4) is 0 Å². The van der Waals surface area contributed by atoms with E-state index in [2.05, 4.69) is 39.8 Å². The Hall–Kier alpha value is -2.20. The van der Waals surface area contributed by atoms with Crippen LogP contribution in [0, 0.1) is 12.7 Å². The van der Waals surface area contributed by atoms with Crippen molar-refractivity contribution in [1.82, 2.24) is 0 Å². The molecule has 2 aromatic carbocycles. The maximum absolute atomic E-state index is 13.2. The number of aryl methyl sites for hydroxylation is 1. The fraction of sp³-hybridized carbons (Fsp3) is 0.360. The van der Waals surface area contributed by atoms with E-state index >= 15 is 0 Å². The van der Waals surface area contributed by atoms with E-state index in [-0.39, 0.29) is 16.5 Å². The molecule has 4 heteroatoms. The molecule has 1 heterocycles. The molecule has 0 saturated carbocycles. The van der Waals surface area contributed by atoms with Crippen molar-refractivity contribution >= 4 is 11.8 Å². The lowest BCUT2D eigenvalue weighted by molar-refractivity contribution is 0.294. The Morgan fingerprint density at radius 3 is 2.48 bits per heavy atom. The third-order valence-corrected chi connectivity index (χ3v) is 6.03. The smallest absolute Gasteiger partial charge is 0.134 e. The van der Waals surface area contributed by atoms with E-state index < -0.39 is 0 Å². The molecule has 2 nitrogen and oxygen atoms in total. The van der Waals surface area contributed by atoms with Crippen LogP contribution in [0.5, 0.6) is 5.75 Å². The van der Waals surface area contributed by atoms with Crippen molar-refractivity contribution in [1.29, 1.82) is 0 Å². The van der Waals surface area contributed by atoms with Gasteiger partial charge in [-0.3, -0.25) is 0 Å². The Morgan fingerprint density at radius 2 is 1.79 bits per heavy atom. The van der Waals surface area contributed by atoms with Crippen LogP contribution in [0.15, 0.2) is 59.0 Å². The van der Waals surface area contributed by atoms with Gasteiger partial charge >= 0.3 is 0 Å². The Bertz CT molecular complexity index is 938. The lowest BCUT2D eigenvalue weighted by atomic mass is 10.0. The molecule has 3 rings (SSSR count). The van der Waals surface area contributed by atoms with Crippen LogP contribution in [0.25, 0.3) is 11.3 Å². The summed E-state index contributed by atoms with van der Waals surface area (Å²) in [4.78, 5) is 0. The lowest BCUT2D eigenvalue weighted by Gasteiger charge is -2.18. The number of hydrogen-bond donors (Lipinski definition) is 0. The Morgan fingerprint density at radius 1 is 1.07 bits per heavy atom. The van der Waals surface area contributed by atoms with E-state index in [0.29, 0.717) is 6.61 Å². The summed E-state index contributed by atoms with van der Waals surface area (Å²) < 4.78 is 25.4. The van der Waals surface area contributed by atoms with Crippen LogP contribution < -0.4 is 4.74 Å². The largest absolute Gasteiger partial charge is 0.493 e. The highest BCUT2D eigenvalue weighted by Gasteiger charge is 2.16. The Kier molecular flexibility index (Phi) is 6.74. The summed E-state index contributed by atoms with van der Waals surface area (Å²) in [6.07, 6.45) is 0. The van der Waals surface area contributed by atoms with Crippen LogP contribution in [0.4, 0.5) is 4.39 Å². The van der Waals surface area contributed by atoms with Crippen LogP contribution in [0.1, 0.15) is 50.5 Å². The highest BCUT2D eigenvalue weighted by atomic mass is 32.2. The molecule has 154 valence electrons. The van der Waals surface area contributed by atoms with E-state index in [1.165, 1.54) is 17.7 Å². The zero-order valence-corrected chi connectivity index (χ0v) is 18.6. The molecule has 0 radical (unpaired) electrons. The van der Waals surface area contributed by atoms with Crippen molar-refractivity contribution < 1.29 is 13.5 Å². The van der Waals surface area contributed by atoms with Gasteiger partial charge in [-0.15, -0.1) is 0 Å². The molecule has 0 fully saturated rings. The number of benzene rings is 2. The van der Waals surface area contributed by atoms with Gasteiger partial charge in [0.1, 0.15) is 23.1 Å².